The molecule has 0 saturated carbocycles. The highest BCUT2D eigenvalue weighted by atomic mass is 32.1. The van der Waals surface area contributed by atoms with E-state index in [4.69, 9.17) is 5.26 Å². The van der Waals surface area contributed by atoms with Crippen LogP contribution in [0.4, 0.5) is 0 Å². The van der Waals surface area contributed by atoms with E-state index >= 15 is 0 Å². The molecule has 0 N–H and O–H groups in total. The molecule has 4 heteroatoms. The lowest BCUT2D eigenvalue weighted by Crippen LogP contribution is -1.79. The Labute approximate surface area is 52.1 Å². The van der Waals surface area contributed by atoms with E-state index in [0.717, 1.165) is 0 Å². The molecule has 0 radical (unpaired) electrons. The van der Waals surface area contributed by atoms with Crippen molar-refractivity contribution in [3.05, 3.63) is 18.0 Å². The first kappa shape index (κ1) is 5.19. The van der Waals surface area contributed by atoms with Gasteiger partial charge in [-0.3, -0.25) is 0 Å². The van der Waals surface area contributed by atoms with Crippen LogP contribution >= 0.6 is 12.8 Å². The molecule has 3 nitrogen and oxygen atoms in total. The van der Waals surface area contributed by atoms with Crippen molar-refractivity contribution in [3.8, 4) is 6.07 Å². The summed E-state index contributed by atoms with van der Waals surface area (Å²) in [5.74, 6) is 0. The zero-order chi connectivity index (χ0) is 5.98. The van der Waals surface area contributed by atoms with Crippen molar-refractivity contribution in [2.75, 3.05) is 0 Å². The van der Waals surface area contributed by atoms with E-state index in [1.807, 2.05) is 6.07 Å². The average Bonchev–Trinajstić information content (AvgIpc) is 2.14. The van der Waals surface area contributed by atoms with Gasteiger partial charge in [-0.05, 0) is 18.9 Å². The fraction of sp³-hybridized carbons (Fsp3) is 0. The van der Waals surface area contributed by atoms with Crippen molar-refractivity contribution in [1.29, 1.82) is 5.26 Å². The molecule has 0 atom stereocenters. The summed E-state index contributed by atoms with van der Waals surface area (Å²) in [6.07, 6.45) is 1.60. The van der Waals surface area contributed by atoms with Crippen LogP contribution < -0.4 is 0 Å². The molecule has 1 rings (SSSR count). The van der Waals surface area contributed by atoms with Crippen molar-refractivity contribution >= 4 is 12.8 Å². The molecular formula is C4H3N3S. The van der Waals surface area contributed by atoms with E-state index in [2.05, 4.69) is 17.9 Å². The second kappa shape index (κ2) is 1.88. The molecule has 0 spiro atoms. The van der Waals surface area contributed by atoms with Gasteiger partial charge in [0.1, 0.15) is 6.07 Å². The Kier molecular flexibility index (Phi) is 1.22. The molecule has 0 fully saturated rings. The van der Waals surface area contributed by atoms with Gasteiger partial charge in [-0.15, -0.1) is 0 Å². The van der Waals surface area contributed by atoms with Gasteiger partial charge in [0.05, 0.1) is 0 Å². The maximum atomic E-state index is 8.19. The maximum Gasteiger partial charge on any atom is 0.163 e. The Morgan fingerprint density at radius 1 is 1.88 bits per heavy atom. The summed E-state index contributed by atoms with van der Waals surface area (Å²) in [5, 5.41) is 11.8. The molecule has 1 heterocycles. The number of nitriles is 1. The summed E-state index contributed by atoms with van der Waals surface area (Å²) in [5.41, 5.74) is 0.389. The Morgan fingerprint density at radius 2 is 2.62 bits per heavy atom. The van der Waals surface area contributed by atoms with E-state index < -0.39 is 0 Å². The second-order valence-corrected chi connectivity index (χ2v) is 1.64. The number of nitrogens with zero attached hydrogens (tertiary/aromatic N) is 3. The third kappa shape index (κ3) is 0.820. The molecule has 0 amide bonds. The smallest absolute Gasteiger partial charge is 0.163 e. The molecule has 0 unspecified atom stereocenters. The highest BCUT2D eigenvalue weighted by molar-refractivity contribution is 7.78. The largest absolute Gasteiger partial charge is 0.216 e. The molecule has 0 aliphatic carbocycles. The van der Waals surface area contributed by atoms with Crippen LogP contribution in [0, 0.1) is 11.3 Å². The summed E-state index contributed by atoms with van der Waals surface area (Å²) >= 11 is 3.81. The van der Waals surface area contributed by atoms with Crippen LogP contribution in [0.1, 0.15) is 5.69 Å². The average molecular weight is 125 g/mol. The second-order valence-electron chi connectivity index (χ2n) is 1.23. The standard InChI is InChI=1S/C4H3N3S/c5-3-4-1-2-7(8)6-4/h1-2,8H. The zero-order valence-electron chi connectivity index (χ0n) is 3.94. The summed E-state index contributed by atoms with van der Waals surface area (Å²) < 4.78 is 1.29. The van der Waals surface area contributed by atoms with Gasteiger partial charge in [0, 0.05) is 6.20 Å². The molecule has 40 valence electrons. The zero-order valence-corrected chi connectivity index (χ0v) is 4.84. The van der Waals surface area contributed by atoms with Crippen molar-refractivity contribution in [2.24, 2.45) is 0 Å². The van der Waals surface area contributed by atoms with Crippen molar-refractivity contribution < 1.29 is 0 Å². The first-order valence-electron chi connectivity index (χ1n) is 1.98. The monoisotopic (exact) mass is 125 g/mol. The van der Waals surface area contributed by atoms with Crippen LogP contribution in [-0.4, -0.2) is 9.19 Å². The van der Waals surface area contributed by atoms with E-state index in [-0.39, 0.29) is 0 Å². The van der Waals surface area contributed by atoms with Gasteiger partial charge in [-0.2, -0.15) is 10.4 Å². The maximum absolute atomic E-state index is 8.19. The van der Waals surface area contributed by atoms with Gasteiger partial charge in [0.2, 0.25) is 0 Å². The number of thiol groups is 1. The molecule has 0 aromatic carbocycles. The minimum absolute atomic E-state index is 0.389. The van der Waals surface area contributed by atoms with Crippen LogP contribution in [0.3, 0.4) is 0 Å². The molecule has 0 aliphatic rings. The summed E-state index contributed by atoms with van der Waals surface area (Å²) in [7, 11) is 0. The van der Waals surface area contributed by atoms with Gasteiger partial charge in [0.15, 0.2) is 5.69 Å². The number of aromatic nitrogens is 2. The Bertz CT molecular complexity index is 221. The highest BCUT2D eigenvalue weighted by Gasteiger charge is 1.89. The molecule has 0 bridgehead atoms. The van der Waals surface area contributed by atoms with Gasteiger partial charge in [-0.25, -0.2) is 4.09 Å². The third-order valence-corrected chi connectivity index (χ3v) is 0.913. The van der Waals surface area contributed by atoms with Crippen LogP contribution in [0.5, 0.6) is 0 Å². The van der Waals surface area contributed by atoms with E-state index in [9.17, 15) is 0 Å². The molecule has 1 aromatic rings. The molecule has 0 saturated heterocycles. The molecular weight excluding hydrogens is 122 g/mol. The Morgan fingerprint density at radius 3 is 2.88 bits per heavy atom. The molecule has 1 aromatic heterocycles. The van der Waals surface area contributed by atoms with Crippen molar-refractivity contribution in [3.63, 3.8) is 0 Å². The normalized spacial score (nSPS) is 8.50. The SMILES string of the molecule is N#Cc1ccn(S)n1. The number of hydrogen-bond donors (Lipinski definition) is 1. The van der Waals surface area contributed by atoms with E-state index in [1.165, 1.54) is 4.09 Å². The minimum atomic E-state index is 0.389. The fourth-order valence-corrected chi connectivity index (χ4v) is 0.537. The summed E-state index contributed by atoms with van der Waals surface area (Å²) in [6.45, 7) is 0. The minimum Gasteiger partial charge on any atom is -0.216 e. The summed E-state index contributed by atoms with van der Waals surface area (Å²) in [6, 6.07) is 3.46. The fourth-order valence-electron chi connectivity index (χ4n) is 0.374. The summed E-state index contributed by atoms with van der Waals surface area (Å²) in [4.78, 5) is 0. The first-order chi connectivity index (χ1) is 3.83. The van der Waals surface area contributed by atoms with Crippen LogP contribution in [-0.2, 0) is 0 Å². The molecule has 8 heavy (non-hydrogen) atoms. The predicted molar refractivity (Wildman–Crippen MR) is 31.3 cm³/mol. The lowest BCUT2D eigenvalue weighted by molar-refractivity contribution is 1.01. The predicted octanol–water partition coefficient (Wildman–Crippen LogP) is 0.448. The topological polar surface area (TPSA) is 41.6 Å². The number of hydrogen-bond acceptors (Lipinski definition) is 3. The van der Waals surface area contributed by atoms with Gasteiger partial charge in [0.25, 0.3) is 0 Å². The number of rotatable bonds is 0. The quantitative estimate of drug-likeness (QED) is 0.511. The lowest BCUT2D eigenvalue weighted by Gasteiger charge is -1.76. The first-order valence-corrected chi connectivity index (χ1v) is 2.38. The van der Waals surface area contributed by atoms with E-state index in [0.29, 0.717) is 5.69 Å². The van der Waals surface area contributed by atoms with E-state index in [1.54, 1.807) is 12.3 Å². The van der Waals surface area contributed by atoms with Crippen LogP contribution in [0.15, 0.2) is 12.3 Å². The lowest BCUT2D eigenvalue weighted by atomic mass is 10.5. The van der Waals surface area contributed by atoms with Crippen LogP contribution in [0.2, 0.25) is 0 Å². The third-order valence-electron chi connectivity index (χ3n) is 0.690. The van der Waals surface area contributed by atoms with Crippen molar-refractivity contribution in [2.45, 2.75) is 0 Å². The van der Waals surface area contributed by atoms with Crippen molar-refractivity contribution in [1.82, 2.24) is 9.19 Å². The highest BCUT2D eigenvalue weighted by Crippen LogP contribution is 1.92. The molecule has 0 aliphatic heterocycles. The van der Waals surface area contributed by atoms with Gasteiger partial charge < -0.3 is 0 Å². The van der Waals surface area contributed by atoms with Gasteiger partial charge >= 0.3 is 0 Å². The Balaban J connectivity index is 3.05. The Hall–Kier alpha value is -0.950. The van der Waals surface area contributed by atoms with Crippen LogP contribution in [0.25, 0.3) is 0 Å². The van der Waals surface area contributed by atoms with Gasteiger partial charge in [-0.1, -0.05) is 0 Å².